The van der Waals surface area contributed by atoms with E-state index in [2.05, 4.69) is 5.10 Å². The fourth-order valence-corrected chi connectivity index (χ4v) is 1.78. The second-order valence-corrected chi connectivity index (χ2v) is 4.10. The van der Waals surface area contributed by atoms with Crippen molar-refractivity contribution in [2.75, 3.05) is 0 Å². The molecule has 0 aliphatic carbocycles. The number of aromatic nitrogens is 2. The van der Waals surface area contributed by atoms with E-state index in [0.29, 0.717) is 0 Å². The number of hydrogen-bond acceptors (Lipinski definition) is 2. The maximum absolute atomic E-state index is 12.4. The molecule has 20 heavy (non-hydrogen) atoms. The Morgan fingerprint density at radius 1 is 1.25 bits per heavy atom. The third-order valence-electron chi connectivity index (χ3n) is 2.74. The van der Waals surface area contributed by atoms with Crippen LogP contribution in [0.15, 0.2) is 29.1 Å². The number of rotatable bonds is 2. The van der Waals surface area contributed by atoms with Gasteiger partial charge in [-0.05, 0) is 31.2 Å². The molecular formula is C12H9F3N2O3. The zero-order valence-corrected chi connectivity index (χ0v) is 10.2. The van der Waals surface area contributed by atoms with Crippen molar-refractivity contribution in [3.05, 3.63) is 51.4 Å². The fourth-order valence-electron chi connectivity index (χ4n) is 1.78. The highest BCUT2D eigenvalue weighted by molar-refractivity contribution is 5.88. The minimum Gasteiger partial charge on any atom is -0.477 e. The average molecular weight is 286 g/mol. The third kappa shape index (κ3) is 2.31. The molecule has 0 aliphatic heterocycles. The van der Waals surface area contributed by atoms with Crippen molar-refractivity contribution in [2.24, 2.45) is 0 Å². The molecule has 0 radical (unpaired) electrons. The molecule has 1 aromatic heterocycles. The van der Waals surface area contributed by atoms with Gasteiger partial charge in [-0.15, -0.1) is 0 Å². The Bertz CT molecular complexity index is 711. The highest BCUT2D eigenvalue weighted by atomic mass is 19.4. The van der Waals surface area contributed by atoms with Gasteiger partial charge in [-0.2, -0.15) is 13.2 Å². The van der Waals surface area contributed by atoms with Gasteiger partial charge in [-0.3, -0.25) is 9.89 Å². The van der Waals surface area contributed by atoms with Gasteiger partial charge in [0.1, 0.15) is 5.56 Å². The molecule has 0 saturated carbocycles. The van der Waals surface area contributed by atoms with Gasteiger partial charge in [0.25, 0.3) is 5.56 Å². The highest BCUT2D eigenvalue weighted by Crippen LogP contribution is 2.29. The number of carboxylic acid groups (broad SMARTS) is 1. The van der Waals surface area contributed by atoms with E-state index in [0.717, 1.165) is 28.9 Å². The molecule has 106 valence electrons. The number of carbonyl (C=O) groups is 1. The van der Waals surface area contributed by atoms with Crippen molar-refractivity contribution < 1.29 is 23.1 Å². The molecule has 2 aromatic rings. The van der Waals surface area contributed by atoms with Gasteiger partial charge in [-0.25, -0.2) is 9.48 Å². The Morgan fingerprint density at radius 3 is 2.20 bits per heavy atom. The summed E-state index contributed by atoms with van der Waals surface area (Å²) in [5.74, 6) is -1.39. The van der Waals surface area contributed by atoms with E-state index >= 15 is 0 Å². The van der Waals surface area contributed by atoms with Gasteiger partial charge in [0.2, 0.25) is 0 Å². The molecule has 0 unspecified atom stereocenters. The summed E-state index contributed by atoms with van der Waals surface area (Å²) in [5, 5.41) is 11.4. The minimum atomic E-state index is -4.47. The topological polar surface area (TPSA) is 75.1 Å². The summed E-state index contributed by atoms with van der Waals surface area (Å²) in [6, 6.07) is 3.81. The molecule has 1 heterocycles. The van der Waals surface area contributed by atoms with Crippen LogP contribution in [-0.4, -0.2) is 20.9 Å². The van der Waals surface area contributed by atoms with Gasteiger partial charge in [0, 0.05) is 5.69 Å². The van der Waals surface area contributed by atoms with Crippen molar-refractivity contribution in [3.63, 3.8) is 0 Å². The lowest BCUT2D eigenvalue weighted by Crippen LogP contribution is -2.20. The highest BCUT2D eigenvalue weighted by Gasteiger charge is 2.30. The zero-order valence-electron chi connectivity index (χ0n) is 10.2. The van der Waals surface area contributed by atoms with E-state index in [4.69, 9.17) is 5.11 Å². The Balaban J connectivity index is 2.51. The maximum Gasteiger partial charge on any atom is 0.416 e. The lowest BCUT2D eigenvalue weighted by Gasteiger charge is -2.07. The van der Waals surface area contributed by atoms with Crippen molar-refractivity contribution in [1.29, 1.82) is 0 Å². The Morgan fingerprint density at radius 2 is 1.80 bits per heavy atom. The first-order chi connectivity index (χ1) is 9.21. The molecule has 0 amide bonds. The smallest absolute Gasteiger partial charge is 0.416 e. The number of nitrogens with zero attached hydrogens (tertiary/aromatic N) is 1. The number of aromatic amines is 1. The van der Waals surface area contributed by atoms with Crippen LogP contribution in [0.4, 0.5) is 13.2 Å². The number of aryl methyl sites for hydroxylation is 1. The molecule has 0 bridgehead atoms. The molecule has 2 rings (SSSR count). The van der Waals surface area contributed by atoms with Gasteiger partial charge in [0.05, 0.1) is 11.3 Å². The monoisotopic (exact) mass is 286 g/mol. The largest absolute Gasteiger partial charge is 0.477 e. The predicted octanol–water partition coefficient (Wildman–Crippen LogP) is 2.19. The molecule has 0 saturated heterocycles. The van der Waals surface area contributed by atoms with Crippen LogP contribution in [0.2, 0.25) is 0 Å². The van der Waals surface area contributed by atoms with Crippen molar-refractivity contribution >= 4 is 5.97 Å². The molecule has 0 aliphatic rings. The number of carboxylic acids is 1. The second-order valence-electron chi connectivity index (χ2n) is 4.10. The van der Waals surface area contributed by atoms with Crippen LogP contribution in [0.5, 0.6) is 0 Å². The van der Waals surface area contributed by atoms with Crippen LogP contribution in [0, 0.1) is 6.92 Å². The summed E-state index contributed by atoms with van der Waals surface area (Å²) < 4.78 is 38.2. The molecule has 0 fully saturated rings. The summed E-state index contributed by atoms with van der Waals surface area (Å²) >= 11 is 0. The molecule has 5 nitrogen and oxygen atoms in total. The zero-order chi connectivity index (χ0) is 15.1. The molecular weight excluding hydrogens is 277 g/mol. The van der Waals surface area contributed by atoms with Gasteiger partial charge in [-0.1, -0.05) is 0 Å². The number of halogens is 3. The first-order valence-corrected chi connectivity index (χ1v) is 5.44. The molecule has 1 aromatic carbocycles. The van der Waals surface area contributed by atoms with Crippen molar-refractivity contribution in [2.45, 2.75) is 13.1 Å². The normalized spacial score (nSPS) is 11.6. The van der Waals surface area contributed by atoms with E-state index in [1.807, 2.05) is 0 Å². The maximum atomic E-state index is 12.4. The summed E-state index contributed by atoms with van der Waals surface area (Å²) in [7, 11) is 0. The fraction of sp³-hybridized carbons (Fsp3) is 0.167. The Kier molecular flexibility index (Phi) is 3.16. The number of hydrogen-bond donors (Lipinski definition) is 2. The van der Waals surface area contributed by atoms with Crippen LogP contribution in [-0.2, 0) is 6.18 Å². The van der Waals surface area contributed by atoms with E-state index in [-0.39, 0.29) is 11.4 Å². The average Bonchev–Trinajstić information content (AvgIpc) is 2.64. The number of nitrogens with one attached hydrogen (secondary N) is 1. The van der Waals surface area contributed by atoms with E-state index in [1.165, 1.54) is 6.92 Å². The van der Waals surface area contributed by atoms with Gasteiger partial charge >= 0.3 is 12.1 Å². The Labute approximate surface area is 110 Å². The number of H-pyrrole nitrogens is 1. The van der Waals surface area contributed by atoms with E-state index < -0.39 is 28.8 Å². The van der Waals surface area contributed by atoms with E-state index in [1.54, 1.807) is 0 Å². The van der Waals surface area contributed by atoms with Gasteiger partial charge in [0.15, 0.2) is 0 Å². The lowest BCUT2D eigenvalue weighted by atomic mass is 10.2. The number of aromatic carboxylic acids is 1. The van der Waals surface area contributed by atoms with Gasteiger partial charge < -0.3 is 5.11 Å². The van der Waals surface area contributed by atoms with Crippen LogP contribution >= 0.6 is 0 Å². The minimum absolute atomic E-state index is 0.124. The lowest BCUT2D eigenvalue weighted by molar-refractivity contribution is -0.137. The quantitative estimate of drug-likeness (QED) is 0.888. The first-order valence-electron chi connectivity index (χ1n) is 5.44. The first kappa shape index (κ1) is 13.9. The SMILES string of the molecule is Cc1[nH]n(-c2ccc(C(F)(F)F)cc2)c(=O)c1C(=O)O. The van der Waals surface area contributed by atoms with Crippen molar-refractivity contribution in [3.8, 4) is 5.69 Å². The molecule has 0 spiro atoms. The summed E-state index contributed by atoms with van der Waals surface area (Å²) in [4.78, 5) is 22.7. The summed E-state index contributed by atoms with van der Waals surface area (Å²) in [5.41, 5.74) is -1.86. The Hall–Kier alpha value is -2.51. The van der Waals surface area contributed by atoms with Crippen LogP contribution in [0.3, 0.4) is 0 Å². The second kappa shape index (κ2) is 4.55. The van der Waals surface area contributed by atoms with Crippen LogP contribution in [0.1, 0.15) is 21.6 Å². The van der Waals surface area contributed by atoms with E-state index in [9.17, 15) is 22.8 Å². The van der Waals surface area contributed by atoms with Crippen molar-refractivity contribution in [1.82, 2.24) is 9.78 Å². The van der Waals surface area contributed by atoms with Crippen LogP contribution in [0.25, 0.3) is 5.69 Å². The van der Waals surface area contributed by atoms with Crippen LogP contribution < -0.4 is 5.56 Å². The summed E-state index contributed by atoms with van der Waals surface area (Å²) in [6.07, 6.45) is -4.47. The molecule has 2 N–H and O–H groups in total. The third-order valence-corrected chi connectivity index (χ3v) is 2.74. The number of benzene rings is 1. The standard InChI is InChI=1S/C12H9F3N2O3/c1-6-9(11(19)20)10(18)17(16-6)8-4-2-7(3-5-8)12(13,14)15/h2-5,16H,1H3,(H,19,20). The molecule has 0 atom stereocenters. The molecule has 8 heteroatoms. The number of alkyl halides is 3. The summed E-state index contributed by atoms with van der Waals surface area (Å²) in [6.45, 7) is 1.39. The predicted molar refractivity (Wildman–Crippen MR) is 63.1 cm³/mol.